The number of likely N-dealkylation sites (tertiary alicyclic amines) is 1. The molecule has 0 unspecified atom stereocenters. The van der Waals surface area contributed by atoms with E-state index in [2.05, 4.69) is 48.2 Å². The minimum atomic E-state index is -0.414. The first-order valence-corrected chi connectivity index (χ1v) is 10.4. The predicted octanol–water partition coefficient (Wildman–Crippen LogP) is 4.86. The molecule has 3 atom stereocenters. The second-order valence-corrected chi connectivity index (χ2v) is 9.51. The van der Waals surface area contributed by atoms with Crippen molar-refractivity contribution in [2.75, 3.05) is 20.2 Å². The monoisotopic (exact) mass is 397 g/mol. The van der Waals surface area contributed by atoms with Gasteiger partial charge in [-0.3, -0.25) is 4.90 Å². The van der Waals surface area contributed by atoms with E-state index in [1.54, 1.807) is 7.11 Å². The Morgan fingerprint density at radius 3 is 2.41 bits per heavy atom. The van der Waals surface area contributed by atoms with Gasteiger partial charge in [-0.05, 0) is 51.0 Å². The van der Waals surface area contributed by atoms with Crippen LogP contribution in [-0.4, -0.2) is 41.9 Å². The molecule has 0 radical (unpaired) electrons. The summed E-state index contributed by atoms with van der Waals surface area (Å²) >= 11 is 0. The van der Waals surface area contributed by atoms with Crippen LogP contribution >= 0.6 is 0 Å². The maximum atomic E-state index is 10.7. The van der Waals surface area contributed by atoms with Crippen LogP contribution < -0.4 is 9.47 Å². The summed E-state index contributed by atoms with van der Waals surface area (Å²) in [6, 6.07) is 16.7. The molecule has 1 N–H and O–H groups in total. The van der Waals surface area contributed by atoms with Crippen LogP contribution in [0.2, 0.25) is 0 Å². The number of aliphatic hydroxyl groups excluding tert-OH is 1. The molecular formula is C25H35NO3. The summed E-state index contributed by atoms with van der Waals surface area (Å²) in [6.07, 6.45) is -0.414. The van der Waals surface area contributed by atoms with Crippen molar-refractivity contribution < 1.29 is 14.6 Å². The van der Waals surface area contributed by atoms with Crippen molar-refractivity contribution in [2.24, 2.45) is 5.41 Å². The molecule has 1 fully saturated rings. The molecule has 3 rings (SSSR count). The quantitative estimate of drug-likeness (QED) is 0.756. The minimum absolute atomic E-state index is 0.208. The topological polar surface area (TPSA) is 41.9 Å². The number of ether oxygens (including phenoxy) is 2. The molecule has 2 aromatic rings. The number of methoxy groups -OCH3 is 1. The minimum Gasteiger partial charge on any atom is -0.493 e. The SMILES string of the molecule is COc1ccc([C@@H]2CN(Cc3ccccc3)C[C@]2(C)[C@@H](C)O)cc1OC(C)(C)C. The van der Waals surface area contributed by atoms with E-state index in [1.165, 1.54) is 11.1 Å². The zero-order valence-corrected chi connectivity index (χ0v) is 18.6. The largest absolute Gasteiger partial charge is 0.493 e. The Bertz CT molecular complexity index is 813. The summed E-state index contributed by atoms with van der Waals surface area (Å²) in [4.78, 5) is 2.45. The summed E-state index contributed by atoms with van der Waals surface area (Å²) in [7, 11) is 1.67. The van der Waals surface area contributed by atoms with Gasteiger partial charge in [0.05, 0.1) is 13.2 Å². The fourth-order valence-electron chi connectivity index (χ4n) is 4.31. The molecule has 1 saturated heterocycles. The Hall–Kier alpha value is -2.04. The van der Waals surface area contributed by atoms with Crippen molar-refractivity contribution in [3.63, 3.8) is 0 Å². The van der Waals surface area contributed by atoms with E-state index in [9.17, 15) is 5.11 Å². The summed E-state index contributed by atoms with van der Waals surface area (Å²) < 4.78 is 11.7. The first-order valence-electron chi connectivity index (χ1n) is 10.4. The number of benzene rings is 2. The van der Waals surface area contributed by atoms with E-state index in [1.807, 2.05) is 39.8 Å². The lowest BCUT2D eigenvalue weighted by Gasteiger charge is -2.34. The van der Waals surface area contributed by atoms with Crippen molar-refractivity contribution in [1.82, 2.24) is 4.90 Å². The number of hydrogen-bond acceptors (Lipinski definition) is 4. The molecule has 0 spiro atoms. The van der Waals surface area contributed by atoms with Gasteiger partial charge in [-0.25, -0.2) is 0 Å². The molecule has 0 amide bonds. The van der Waals surface area contributed by atoms with Gasteiger partial charge in [-0.1, -0.05) is 43.3 Å². The Kier molecular flexibility index (Phi) is 6.25. The fraction of sp³-hybridized carbons (Fsp3) is 0.520. The first kappa shape index (κ1) is 21.7. The van der Waals surface area contributed by atoms with Crippen LogP contribution in [-0.2, 0) is 6.54 Å². The van der Waals surface area contributed by atoms with Gasteiger partial charge < -0.3 is 14.6 Å². The van der Waals surface area contributed by atoms with Crippen LogP contribution in [0.1, 0.15) is 51.7 Å². The lowest BCUT2D eigenvalue weighted by atomic mass is 9.72. The molecule has 4 heteroatoms. The third kappa shape index (κ3) is 4.93. The Balaban J connectivity index is 1.91. The molecule has 0 saturated carbocycles. The van der Waals surface area contributed by atoms with Gasteiger partial charge in [0.2, 0.25) is 0 Å². The van der Waals surface area contributed by atoms with E-state index in [0.717, 1.165) is 31.1 Å². The van der Waals surface area contributed by atoms with Crippen molar-refractivity contribution in [3.05, 3.63) is 59.7 Å². The Morgan fingerprint density at radius 2 is 1.83 bits per heavy atom. The summed E-state index contributed by atoms with van der Waals surface area (Å²) in [5.41, 5.74) is 1.94. The van der Waals surface area contributed by atoms with E-state index in [4.69, 9.17) is 9.47 Å². The van der Waals surface area contributed by atoms with E-state index >= 15 is 0 Å². The van der Waals surface area contributed by atoms with Crippen molar-refractivity contribution in [1.29, 1.82) is 0 Å². The fourth-order valence-corrected chi connectivity index (χ4v) is 4.31. The van der Waals surface area contributed by atoms with Crippen molar-refractivity contribution in [2.45, 2.75) is 58.8 Å². The maximum Gasteiger partial charge on any atom is 0.162 e. The van der Waals surface area contributed by atoms with Gasteiger partial charge in [0, 0.05) is 31.0 Å². The lowest BCUT2D eigenvalue weighted by molar-refractivity contribution is 0.0473. The maximum absolute atomic E-state index is 10.7. The molecule has 2 aromatic carbocycles. The zero-order chi connectivity index (χ0) is 21.2. The normalized spacial score (nSPS) is 23.8. The van der Waals surface area contributed by atoms with Crippen molar-refractivity contribution >= 4 is 0 Å². The van der Waals surface area contributed by atoms with Crippen LogP contribution in [0.4, 0.5) is 0 Å². The smallest absolute Gasteiger partial charge is 0.162 e. The summed E-state index contributed by atoms with van der Waals surface area (Å²) in [5.74, 6) is 1.70. The predicted molar refractivity (Wildman–Crippen MR) is 118 cm³/mol. The van der Waals surface area contributed by atoms with Crippen LogP contribution in [0.5, 0.6) is 11.5 Å². The van der Waals surface area contributed by atoms with E-state index < -0.39 is 6.10 Å². The highest BCUT2D eigenvalue weighted by molar-refractivity contribution is 5.45. The molecule has 1 aliphatic heterocycles. The molecule has 1 aliphatic rings. The first-order chi connectivity index (χ1) is 13.6. The molecule has 4 nitrogen and oxygen atoms in total. The highest BCUT2D eigenvalue weighted by Gasteiger charge is 2.47. The van der Waals surface area contributed by atoms with Gasteiger partial charge in [-0.2, -0.15) is 0 Å². The molecular weight excluding hydrogens is 362 g/mol. The summed E-state index contributed by atoms with van der Waals surface area (Å²) in [6.45, 7) is 12.9. The van der Waals surface area contributed by atoms with Gasteiger partial charge in [-0.15, -0.1) is 0 Å². The van der Waals surface area contributed by atoms with Gasteiger partial charge in [0.1, 0.15) is 5.60 Å². The number of nitrogens with zero attached hydrogens (tertiary/aromatic N) is 1. The third-order valence-corrected chi connectivity index (χ3v) is 6.01. The van der Waals surface area contributed by atoms with E-state index in [-0.39, 0.29) is 16.9 Å². The van der Waals surface area contributed by atoms with Gasteiger partial charge in [0.15, 0.2) is 11.5 Å². The molecule has 0 bridgehead atoms. The average Bonchev–Trinajstić information content (AvgIpc) is 2.99. The summed E-state index contributed by atoms with van der Waals surface area (Å²) in [5, 5.41) is 10.7. The van der Waals surface area contributed by atoms with Crippen LogP contribution in [0.15, 0.2) is 48.5 Å². The van der Waals surface area contributed by atoms with Gasteiger partial charge in [0.25, 0.3) is 0 Å². The Morgan fingerprint density at radius 1 is 1.14 bits per heavy atom. The molecule has 29 heavy (non-hydrogen) atoms. The standard InChI is InChI=1S/C25H35NO3/c1-18(27)25(5)17-26(15-19-10-8-7-9-11-19)16-21(25)20-12-13-22(28-6)23(14-20)29-24(2,3)4/h7-14,18,21,27H,15-17H2,1-6H3/t18-,21+,25-/m1/s1. The van der Waals surface area contributed by atoms with E-state index in [0.29, 0.717) is 0 Å². The molecule has 0 aliphatic carbocycles. The zero-order valence-electron chi connectivity index (χ0n) is 18.6. The molecule has 158 valence electrons. The third-order valence-electron chi connectivity index (χ3n) is 6.01. The second kappa shape index (κ2) is 8.37. The highest BCUT2D eigenvalue weighted by Crippen LogP contribution is 2.47. The van der Waals surface area contributed by atoms with Gasteiger partial charge >= 0.3 is 0 Å². The number of rotatable bonds is 6. The lowest BCUT2D eigenvalue weighted by Crippen LogP contribution is -2.37. The second-order valence-electron chi connectivity index (χ2n) is 9.51. The molecule has 0 aromatic heterocycles. The molecule has 1 heterocycles. The number of aliphatic hydroxyl groups is 1. The number of hydrogen-bond donors (Lipinski definition) is 1. The highest BCUT2D eigenvalue weighted by atomic mass is 16.5. The van der Waals surface area contributed by atoms with Crippen molar-refractivity contribution in [3.8, 4) is 11.5 Å². The average molecular weight is 398 g/mol. The van der Waals surface area contributed by atoms with Crippen LogP contribution in [0.25, 0.3) is 0 Å². The van der Waals surface area contributed by atoms with Crippen LogP contribution in [0, 0.1) is 5.41 Å². The van der Waals surface area contributed by atoms with Crippen LogP contribution in [0.3, 0.4) is 0 Å². The Labute approximate surface area is 175 Å².